The van der Waals surface area contributed by atoms with E-state index in [9.17, 15) is 9.59 Å². The summed E-state index contributed by atoms with van der Waals surface area (Å²) in [5, 5.41) is 12.2. The van der Waals surface area contributed by atoms with Gasteiger partial charge in [-0.2, -0.15) is 0 Å². The van der Waals surface area contributed by atoms with Crippen molar-refractivity contribution in [1.82, 2.24) is 10.2 Å². The number of carboxylic acid groups (broad SMARTS) is 1. The second kappa shape index (κ2) is 5.26. The third-order valence-electron chi connectivity index (χ3n) is 4.19. The van der Waals surface area contributed by atoms with Crippen molar-refractivity contribution >= 4 is 11.9 Å². The van der Waals surface area contributed by atoms with Crippen molar-refractivity contribution in [2.45, 2.75) is 32.2 Å². The van der Waals surface area contributed by atoms with Crippen LogP contribution in [0.15, 0.2) is 0 Å². The number of aliphatic carboxylic acids is 1. The average molecular weight is 254 g/mol. The SMILES string of the molecule is CC1C[C@H](C(=O)NC2CCN(C)C2)[C@H](C(=O)O)C1. The van der Waals surface area contributed by atoms with E-state index in [0.717, 1.165) is 19.5 Å². The number of carboxylic acids is 1. The first-order valence-corrected chi connectivity index (χ1v) is 6.69. The van der Waals surface area contributed by atoms with E-state index in [-0.39, 0.29) is 17.9 Å². The summed E-state index contributed by atoms with van der Waals surface area (Å²) in [5.41, 5.74) is 0. The van der Waals surface area contributed by atoms with Crippen LogP contribution in [0.3, 0.4) is 0 Å². The van der Waals surface area contributed by atoms with Crippen LogP contribution in [0.5, 0.6) is 0 Å². The maximum Gasteiger partial charge on any atom is 0.307 e. The minimum Gasteiger partial charge on any atom is -0.481 e. The van der Waals surface area contributed by atoms with Gasteiger partial charge in [-0.15, -0.1) is 0 Å². The fourth-order valence-electron chi connectivity index (χ4n) is 3.22. The zero-order valence-corrected chi connectivity index (χ0v) is 11.1. The smallest absolute Gasteiger partial charge is 0.307 e. The standard InChI is InChI=1S/C13H22N2O3/c1-8-5-10(11(6-8)13(17)18)12(16)14-9-3-4-15(2)7-9/h8-11H,3-7H2,1-2H3,(H,14,16)(H,17,18)/t8?,9?,10-,11+/m0/s1. The molecule has 0 aromatic rings. The molecule has 0 aromatic heterocycles. The number of hydrogen-bond donors (Lipinski definition) is 2. The van der Waals surface area contributed by atoms with Crippen LogP contribution in [0.25, 0.3) is 0 Å². The van der Waals surface area contributed by atoms with Crippen LogP contribution in [0.2, 0.25) is 0 Å². The lowest BCUT2D eigenvalue weighted by Crippen LogP contribution is -2.42. The molecule has 4 atom stereocenters. The lowest BCUT2D eigenvalue weighted by molar-refractivity contribution is -0.146. The lowest BCUT2D eigenvalue weighted by atomic mass is 9.95. The summed E-state index contributed by atoms with van der Waals surface area (Å²) < 4.78 is 0. The van der Waals surface area contributed by atoms with Gasteiger partial charge in [0.15, 0.2) is 0 Å². The summed E-state index contributed by atoms with van der Waals surface area (Å²) in [5.74, 6) is -1.41. The Morgan fingerprint density at radius 1 is 1.28 bits per heavy atom. The summed E-state index contributed by atoms with van der Waals surface area (Å²) in [6.45, 7) is 3.88. The molecule has 2 aliphatic rings. The second-order valence-electron chi connectivity index (χ2n) is 5.88. The molecule has 0 radical (unpaired) electrons. The number of nitrogens with one attached hydrogen (secondary N) is 1. The molecule has 1 heterocycles. The van der Waals surface area contributed by atoms with Crippen molar-refractivity contribution in [3.8, 4) is 0 Å². The summed E-state index contributed by atoms with van der Waals surface area (Å²) in [6, 6.07) is 0.188. The molecule has 1 aliphatic heterocycles. The zero-order valence-electron chi connectivity index (χ0n) is 11.1. The van der Waals surface area contributed by atoms with Gasteiger partial charge in [0.25, 0.3) is 0 Å². The fourth-order valence-corrected chi connectivity index (χ4v) is 3.22. The maximum atomic E-state index is 12.2. The molecule has 2 fully saturated rings. The van der Waals surface area contributed by atoms with E-state index in [1.54, 1.807) is 0 Å². The Hall–Kier alpha value is -1.10. The van der Waals surface area contributed by atoms with E-state index in [0.29, 0.717) is 18.8 Å². The van der Waals surface area contributed by atoms with Crippen molar-refractivity contribution in [3.63, 3.8) is 0 Å². The Bertz CT molecular complexity index is 345. The van der Waals surface area contributed by atoms with Crippen LogP contribution in [0.4, 0.5) is 0 Å². The Kier molecular flexibility index (Phi) is 3.90. The summed E-state index contributed by atoms with van der Waals surface area (Å²) in [6.07, 6.45) is 2.28. The van der Waals surface area contributed by atoms with Crippen LogP contribution in [-0.2, 0) is 9.59 Å². The second-order valence-corrected chi connectivity index (χ2v) is 5.88. The highest BCUT2D eigenvalue weighted by Gasteiger charge is 2.41. The molecule has 1 saturated heterocycles. The molecule has 1 aliphatic carbocycles. The van der Waals surface area contributed by atoms with Crippen molar-refractivity contribution in [1.29, 1.82) is 0 Å². The van der Waals surface area contributed by atoms with Gasteiger partial charge in [0.05, 0.1) is 11.8 Å². The summed E-state index contributed by atoms with van der Waals surface area (Å²) in [4.78, 5) is 25.5. The van der Waals surface area contributed by atoms with Crippen molar-refractivity contribution in [2.75, 3.05) is 20.1 Å². The number of likely N-dealkylation sites (tertiary alicyclic amines) is 1. The molecule has 102 valence electrons. The highest BCUT2D eigenvalue weighted by molar-refractivity contribution is 5.85. The predicted molar refractivity (Wildman–Crippen MR) is 67.1 cm³/mol. The van der Waals surface area contributed by atoms with Crippen molar-refractivity contribution in [3.05, 3.63) is 0 Å². The van der Waals surface area contributed by atoms with Gasteiger partial charge < -0.3 is 15.3 Å². The monoisotopic (exact) mass is 254 g/mol. The number of likely N-dealkylation sites (N-methyl/N-ethyl adjacent to an activating group) is 1. The number of rotatable bonds is 3. The van der Waals surface area contributed by atoms with Crippen LogP contribution >= 0.6 is 0 Å². The number of hydrogen-bond acceptors (Lipinski definition) is 3. The molecular formula is C13H22N2O3. The van der Waals surface area contributed by atoms with Crippen LogP contribution < -0.4 is 5.32 Å². The minimum absolute atomic E-state index is 0.0629. The van der Waals surface area contributed by atoms with Crippen LogP contribution in [0.1, 0.15) is 26.2 Å². The molecule has 18 heavy (non-hydrogen) atoms. The largest absolute Gasteiger partial charge is 0.481 e. The number of nitrogens with zero attached hydrogens (tertiary/aromatic N) is 1. The molecule has 0 bridgehead atoms. The number of carbonyl (C=O) groups is 2. The van der Waals surface area contributed by atoms with Crippen molar-refractivity contribution < 1.29 is 14.7 Å². The number of carbonyl (C=O) groups excluding carboxylic acids is 1. The molecule has 1 saturated carbocycles. The number of amides is 1. The molecule has 5 nitrogen and oxygen atoms in total. The first kappa shape index (κ1) is 13.3. The van der Waals surface area contributed by atoms with Gasteiger partial charge >= 0.3 is 5.97 Å². The fraction of sp³-hybridized carbons (Fsp3) is 0.846. The first-order valence-electron chi connectivity index (χ1n) is 6.69. The Morgan fingerprint density at radius 3 is 2.50 bits per heavy atom. The topological polar surface area (TPSA) is 69.6 Å². The lowest BCUT2D eigenvalue weighted by Gasteiger charge is -2.19. The Balaban J connectivity index is 1.93. The minimum atomic E-state index is -0.831. The Labute approximate surface area is 108 Å². The van der Waals surface area contributed by atoms with E-state index in [4.69, 9.17) is 5.11 Å². The first-order chi connectivity index (χ1) is 8.47. The molecule has 0 aromatic carbocycles. The summed E-state index contributed by atoms with van der Waals surface area (Å²) in [7, 11) is 2.03. The van der Waals surface area contributed by atoms with Gasteiger partial charge in [-0.25, -0.2) is 0 Å². The third kappa shape index (κ3) is 2.83. The highest BCUT2D eigenvalue weighted by atomic mass is 16.4. The van der Waals surface area contributed by atoms with E-state index >= 15 is 0 Å². The molecular weight excluding hydrogens is 232 g/mol. The molecule has 2 N–H and O–H groups in total. The normalized spacial score (nSPS) is 36.8. The summed E-state index contributed by atoms with van der Waals surface area (Å²) >= 11 is 0. The quantitative estimate of drug-likeness (QED) is 0.772. The van der Waals surface area contributed by atoms with E-state index in [1.165, 1.54) is 0 Å². The van der Waals surface area contributed by atoms with Crippen LogP contribution in [0, 0.1) is 17.8 Å². The van der Waals surface area contributed by atoms with Crippen LogP contribution in [-0.4, -0.2) is 48.1 Å². The van der Waals surface area contributed by atoms with Gasteiger partial charge in [-0.1, -0.05) is 6.92 Å². The average Bonchev–Trinajstić information content (AvgIpc) is 2.85. The van der Waals surface area contributed by atoms with E-state index in [2.05, 4.69) is 10.2 Å². The molecule has 5 heteroatoms. The van der Waals surface area contributed by atoms with Gasteiger partial charge in [0.1, 0.15) is 0 Å². The van der Waals surface area contributed by atoms with Gasteiger partial charge in [-0.3, -0.25) is 9.59 Å². The Morgan fingerprint density at radius 2 is 1.94 bits per heavy atom. The molecule has 1 amide bonds. The maximum absolute atomic E-state index is 12.2. The van der Waals surface area contributed by atoms with E-state index in [1.807, 2.05) is 14.0 Å². The van der Waals surface area contributed by atoms with Gasteiger partial charge in [0, 0.05) is 12.6 Å². The molecule has 0 spiro atoms. The van der Waals surface area contributed by atoms with Crippen molar-refractivity contribution in [2.24, 2.45) is 17.8 Å². The molecule has 2 unspecified atom stereocenters. The highest BCUT2D eigenvalue weighted by Crippen LogP contribution is 2.36. The van der Waals surface area contributed by atoms with Gasteiger partial charge in [0.2, 0.25) is 5.91 Å². The van der Waals surface area contributed by atoms with Gasteiger partial charge in [-0.05, 0) is 38.8 Å². The van der Waals surface area contributed by atoms with E-state index < -0.39 is 11.9 Å². The third-order valence-corrected chi connectivity index (χ3v) is 4.19. The zero-order chi connectivity index (χ0) is 13.3. The molecule has 2 rings (SSSR count). The predicted octanol–water partition coefficient (Wildman–Crippen LogP) is 0.554.